The summed E-state index contributed by atoms with van der Waals surface area (Å²) in [6.07, 6.45) is 2.21. The number of hydrogen-bond donors (Lipinski definition) is 1. The van der Waals surface area contributed by atoms with Crippen molar-refractivity contribution in [3.8, 4) is 5.75 Å². The van der Waals surface area contributed by atoms with E-state index in [1.54, 1.807) is 19.2 Å². The smallest absolute Gasteiger partial charge is 0.270 e. The molecule has 124 valence electrons. The van der Waals surface area contributed by atoms with Gasteiger partial charge in [-0.2, -0.15) is 0 Å². The molecule has 0 aromatic heterocycles. The van der Waals surface area contributed by atoms with Gasteiger partial charge in [0.15, 0.2) is 0 Å². The Morgan fingerprint density at radius 2 is 2.23 bits per heavy atom. The maximum atomic E-state index is 10.9. The monoisotopic (exact) mass is 329 g/mol. The fourth-order valence-corrected chi connectivity index (χ4v) is 2.97. The Labute approximate surface area is 137 Å². The number of nitrogens with two attached hydrogens (primary N) is 1. The van der Waals surface area contributed by atoms with Gasteiger partial charge in [0.25, 0.3) is 5.69 Å². The molecule has 1 saturated heterocycles. The van der Waals surface area contributed by atoms with Crippen LogP contribution in [0, 0.1) is 16.0 Å². The number of likely N-dealkylation sites (tertiary alicyclic amines) is 1. The minimum Gasteiger partial charge on any atom is -0.496 e. The zero-order valence-corrected chi connectivity index (χ0v) is 13.8. The van der Waals surface area contributed by atoms with E-state index >= 15 is 0 Å². The van der Waals surface area contributed by atoms with Crippen molar-refractivity contribution < 1.29 is 9.66 Å². The molecule has 2 rings (SSSR count). The second-order valence-electron chi connectivity index (χ2n) is 5.74. The number of hydrogen-bond acceptors (Lipinski definition) is 5. The van der Waals surface area contributed by atoms with Gasteiger partial charge in [-0.1, -0.05) is 6.92 Å². The summed E-state index contributed by atoms with van der Waals surface area (Å²) >= 11 is 0. The van der Waals surface area contributed by atoms with Gasteiger partial charge in [0.1, 0.15) is 5.75 Å². The lowest BCUT2D eigenvalue weighted by Crippen LogP contribution is -2.45. The molecule has 2 atom stereocenters. The van der Waals surface area contributed by atoms with Gasteiger partial charge >= 0.3 is 0 Å². The number of nitro benzene ring substituents is 1. The van der Waals surface area contributed by atoms with Crippen molar-refractivity contribution >= 4 is 18.1 Å². The predicted octanol–water partition coefficient (Wildman–Crippen LogP) is 2.58. The van der Waals surface area contributed by atoms with Crippen LogP contribution in [-0.2, 0) is 6.54 Å². The molecule has 1 aromatic carbocycles. The maximum absolute atomic E-state index is 10.9. The first-order valence-electron chi connectivity index (χ1n) is 7.30. The van der Waals surface area contributed by atoms with Gasteiger partial charge < -0.3 is 10.5 Å². The molecule has 0 saturated carbocycles. The van der Waals surface area contributed by atoms with E-state index in [1.165, 1.54) is 6.07 Å². The Morgan fingerprint density at radius 1 is 1.50 bits per heavy atom. The number of halogens is 1. The molecule has 1 fully saturated rings. The first kappa shape index (κ1) is 18.7. The highest BCUT2D eigenvalue weighted by Crippen LogP contribution is 2.29. The molecule has 1 heterocycles. The summed E-state index contributed by atoms with van der Waals surface area (Å²) in [7, 11) is 1.59. The molecule has 1 aliphatic rings. The van der Waals surface area contributed by atoms with Crippen LogP contribution in [0.2, 0.25) is 0 Å². The third-order valence-electron chi connectivity index (χ3n) is 4.22. The minimum atomic E-state index is -0.373. The van der Waals surface area contributed by atoms with Crippen molar-refractivity contribution in [3.05, 3.63) is 33.9 Å². The Balaban J connectivity index is 0.00000242. The second-order valence-corrected chi connectivity index (χ2v) is 5.74. The fourth-order valence-electron chi connectivity index (χ4n) is 2.97. The molecule has 0 radical (unpaired) electrons. The summed E-state index contributed by atoms with van der Waals surface area (Å²) in [5, 5.41) is 10.9. The highest BCUT2D eigenvalue weighted by molar-refractivity contribution is 5.85. The van der Waals surface area contributed by atoms with Gasteiger partial charge in [-0.15, -0.1) is 12.4 Å². The molecule has 0 aliphatic carbocycles. The van der Waals surface area contributed by atoms with E-state index in [9.17, 15) is 10.1 Å². The Hall–Kier alpha value is -1.37. The minimum absolute atomic E-state index is 0. The van der Waals surface area contributed by atoms with E-state index in [2.05, 4.69) is 11.8 Å². The molecule has 1 aliphatic heterocycles. The summed E-state index contributed by atoms with van der Waals surface area (Å²) in [5.74, 6) is 1.37. The highest BCUT2D eigenvalue weighted by Gasteiger charge is 2.26. The van der Waals surface area contributed by atoms with Crippen molar-refractivity contribution in [2.24, 2.45) is 11.7 Å². The van der Waals surface area contributed by atoms with Gasteiger partial charge in [-0.05, 0) is 31.4 Å². The first-order chi connectivity index (χ1) is 10.0. The largest absolute Gasteiger partial charge is 0.496 e. The van der Waals surface area contributed by atoms with Crippen molar-refractivity contribution in [2.45, 2.75) is 32.4 Å². The first-order valence-corrected chi connectivity index (χ1v) is 7.30. The maximum Gasteiger partial charge on any atom is 0.270 e. The van der Waals surface area contributed by atoms with Gasteiger partial charge in [0, 0.05) is 36.8 Å². The quantitative estimate of drug-likeness (QED) is 0.663. The number of nitro groups is 1. The molecule has 7 heteroatoms. The van der Waals surface area contributed by atoms with Crippen LogP contribution in [0.3, 0.4) is 0 Å². The van der Waals surface area contributed by atoms with Gasteiger partial charge in [0.2, 0.25) is 0 Å². The third-order valence-corrected chi connectivity index (χ3v) is 4.22. The van der Waals surface area contributed by atoms with Crippen molar-refractivity contribution in [1.29, 1.82) is 0 Å². The molecule has 22 heavy (non-hydrogen) atoms. The van der Waals surface area contributed by atoms with Crippen LogP contribution < -0.4 is 10.5 Å². The van der Waals surface area contributed by atoms with Crippen LogP contribution in [-0.4, -0.2) is 36.1 Å². The van der Waals surface area contributed by atoms with Gasteiger partial charge in [-0.3, -0.25) is 15.0 Å². The van der Waals surface area contributed by atoms with E-state index < -0.39 is 0 Å². The van der Waals surface area contributed by atoms with Crippen LogP contribution in [0.25, 0.3) is 0 Å². The molecule has 0 spiro atoms. The van der Waals surface area contributed by atoms with Crippen molar-refractivity contribution in [2.75, 3.05) is 20.2 Å². The van der Waals surface area contributed by atoms with Crippen molar-refractivity contribution in [1.82, 2.24) is 4.90 Å². The summed E-state index contributed by atoms with van der Waals surface area (Å²) in [6.45, 7) is 4.46. The van der Waals surface area contributed by atoms with Crippen LogP contribution in [0.5, 0.6) is 5.75 Å². The number of piperidine rings is 1. The van der Waals surface area contributed by atoms with Crippen LogP contribution in [0.1, 0.15) is 25.3 Å². The summed E-state index contributed by atoms with van der Waals surface area (Å²) in [6, 6.07) is 5.07. The molecule has 2 unspecified atom stereocenters. The Bertz CT molecular complexity index is 513. The zero-order chi connectivity index (χ0) is 15.4. The predicted molar refractivity (Wildman–Crippen MR) is 88.5 cm³/mol. The second kappa shape index (κ2) is 8.31. The number of benzene rings is 1. The molecule has 1 aromatic rings. The Kier molecular flexibility index (Phi) is 7.06. The average Bonchev–Trinajstić information content (AvgIpc) is 2.48. The lowest BCUT2D eigenvalue weighted by atomic mass is 9.92. The number of ether oxygens (including phenoxy) is 1. The molecular weight excluding hydrogens is 306 g/mol. The lowest BCUT2D eigenvalue weighted by Gasteiger charge is -2.38. The summed E-state index contributed by atoms with van der Waals surface area (Å²) in [5.41, 5.74) is 6.82. The summed E-state index contributed by atoms with van der Waals surface area (Å²) < 4.78 is 5.33. The zero-order valence-electron chi connectivity index (χ0n) is 13.0. The fraction of sp³-hybridized carbons (Fsp3) is 0.600. The van der Waals surface area contributed by atoms with E-state index in [0.29, 0.717) is 30.8 Å². The van der Waals surface area contributed by atoms with Gasteiger partial charge in [-0.25, -0.2) is 0 Å². The van der Waals surface area contributed by atoms with Gasteiger partial charge in [0.05, 0.1) is 12.0 Å². The van der Waals surface area contributed by atoms with Crippen LogP contribution in [0.4, 0.5) is 5.69 Å². The van der Waals surface area contributed by atoms with Crippen LogP contribution in [0.15, 0.2) is 18.2 Å². The molecule has 0 amide bonds. The van der Waals surface area contributed by atoms with E-state index in [1.807, 2.05) is 0 Å². The third kappa shape index (κ3) is 4.32. The highest BCUT2D eigenvalue weighted by atomic mass is 35.5. The van der Waals surface area contributed by atoms with E-state index in [-0.39, 0.29) is 23.0 Å². The van der Waals surface area contributed by atoms with Crippen LogP contribution >= 0.6 is 12.4 Å². The number of nitrogens with zero attached hydrogens (tertiary/aromatic N) is 2. The number of non-ortho nitro benzene ring substituents is 1. The average molecular weight is 330 g/mol. The topological polar surface area (TPSA) is 81.6 Å². The standard InChI is InChI=1S/C15H23N3O3.ClH/c1-11-5-6-17(14(7-11)9-16)10-12-8-13(18(19)20)3-4-15(12)21-2;/h3-4,8,11,14H,5-7,9-10,16H2,1-2H3;1H. The number of rotatable bonds is 5. The molecule has 6 nitrogen and oxygen atoms in total. The Morgan fingerprint density at radius 3 is 2.82 bits per heavy atom. The SMILES string of the molecule is COc1ccc([N+](=O)[O-])cc1CN1CCC(C)CC1CN.Cl. The molecule has 2 N–H and O–H groups in total. The van der Waals surface area contributed by atoms with Crippen molar-refractivity contribution in [3.63, 3.8) is 0 Å². The molecule has 0 bridgehead atoms. The lowest BCUT2D eigenvalue weighted by molar-refractivity contribution is -0.385. The van der Waals surface area contributed by atoms with E-state index in [4.69, 9.17) is 10.5 Å². The number of methoxy groups -OCH3 is 1. The normalized spacial score (nSPS) is 22.0. The van der Waals surface area contributed by atoms with E-state index in [0.717, 1.165) is 24.9 Å². The molecular formula is C15H24ClN3O3. The summed E-state index contributed by atoms with van der Waals surface area (Å²) in [4.78, 5) is 12.9.